The van der Waals surface area contributed by atoms with Crippen LogP contribution in [0.5, 0.6) is 0 Å². The fraction of sp³-hybridized carbons (Fsp3) is 0.857. The molecule has 0 bridgehead atoms. The van der Waals surface area contributed by atoms with Crippen molar-refractivity contribution in [1.29, 1.82) is 0 Å². The summed E-state index contributed by atoms with van der Waals surface area (Å²) in [6, 6.07) is 0. The van der Waals surface area contributed by atoms with Gasteiger partial charge in [-0.2, -0.15) is 0 Å². The van der Waals surface area contributed by atoms with Crippen LogP contribution in [0, 0.1) is 5.92 Å². The van der Waals surface area contributed by atoms with Crippen molar-refractivity contribution in [2.24, 2.45) is 5.92 Å². The monoisotopic (exact) mass is 143 g/mol. The van der Waals surface area contributed by atoms with E-state index in [0.717, 1.165) is 25.9 Å². The molecule has 1 heterocycles. The van der Waals surface area contributed by atoms with E-state index in [4.69, 9.17) is 5.11 Å². The maximum atomic E-state index is 10.4. The van der Waals surface area contributed by atoms with Gasteiger partial charge in [0, 0.05) is 13.1 Å². The Morgan fingerprint density at radius 2 is 2.50 bits per heavy atom. The van der Waals surface area contributed by atoms with Crippen LogP contribution in [0.4, 0.5) is 4.79 Å². The van der Waals surface area contributed by atoms with Gasteiger partial charge in [0.2, 0.25) is 0 Å². The first kappa shape index (κ1) is 7.38. The van der Waals surface area contributed by atoms with Gasteiger partial charge in [0.15, 0.2) is 0 Å². The Balaban J connectivity index is 2.35. The van der Waals surface area contributed by atoms with Crippen molar-refractivity contribution >= 4 is 6.09 Å². The minimum atomic E-state index is -0.768. The molecule has 3 nitrogen and oxygen atoms in total. The van der Waals surface area contributed by atoms with Gasteiger partial charge in [0.05, 0.1) is 0 Å². The number of likely N-dealkylation sites (tertiary alicyclic amines) is 1. The second-order valence-corrected chi connectivity index (χ2v) is 2.79. The first-order chi connectivity index (χ1) is 4.74. The predicted molar refractivity (Wildman–Crippen MR) is 38.0 cm³/mol. The fourth-order valence-corrected chi connectivity index (χ4v) is 1.34. The Kier molecular flexibility index (Phi) is 2.14. The second-order valence-electron chi connectivity index (χ2n) is 2.79. The molecule has 1 aliphatic rings. The van der Waals surface area contributed by atoms with Crippen LogP contribution >= 0.6 is 0 Å². The van der Waals surface area contributed by atoms with Gasteiger partial charge in [-0.3, -0.25) is 0 Å². The molecular formula is C7H13NO2. The van der Waals surface area contributed by atoms with Crippen molar-refractivity contribution < 1.29 is 9.90 Å². The molecular weight excluding hydrogens is 130 g/mol. The molecule has 0 aromatic rings. The summed E-state index contributed by atoms with van der Waals surface area (Å²) in [6.07, 6.45) is 1.38. The summed E-state index contributed by atoms with van der Waals surface area (Å²) in [4.78, 5) is 11.9. The number of rotatable bonds is 1. The molecule has 0 spiro atoms. The van der Waals surface area contributed by atoms with E-state index in [0.29, 0.717) is 5.92 Å². The zero-order valence-electron chi connectivity index (χ0n) is 6.21. The van der Waals surface area contributed by atoms with Gasteiger partial charge in [-0.25, -0.2) is 4.79 Å². The summed E-state index contributed by atoms with van der Waals surface area (Å²) in [6.45, 7) is 3.58. The summed E-state index contributed by atoms with van der Waals surface area (Å²) in [5.74, 6) is 0.607. The van der Waals surface area contributed by atoms with Crippen LogP contribution in [0.1, 0.15) is 19.8 Å². The normalized spacial score (nSPS) is 25.3. The molecule has 1 amide bonds. The first-order valence-electron chi connectivity index (χ1n) is 3.72. The Morgan fingerprint density at radius 3 is 2.80 bits per heavy atom. The van der Waals surface area contributed by atoms with E-state index in [9.17, 15) is 4.79 Å². The van der Waals surface area contributed by atoms with Crippen molar-refractivity contribution in [3.8, 4) is 0 Å². The number of hydrogen-bond donors (Lipinski definition) is 1. The Morgan fingerprint density at radius 1 is 1.80 bits per heavy atom. The molecule has 1 fully saturated rings. The highest BCUT2D eigenvalue weighted by Crippen LogP contribution is 2.18. The van der Waals surface area contributed by atoms with Crippen LogP contribution in [0.25, 0.3) is 0 Å². The van der Waals surface area contributed by atoms with E-state index in [1.54, 1.807) is 0 Å². The van der Waals surface area contributed by atoms with E-state index < -0.39 is 6.09 Å². The van der Waals surface area contributed by atoms with Crippen molar-refractivity contribution in [3.63, 3.8) is 0 Å². The maximum Gasteiger partial charge on any atom is 0.407 e. The molecule has 0 aromatic heterocycles. The van der Waals surface area contributed by atoms with E-state index in [1.807, 2.05) is 0 Å². The highest BCUT2D eigenvalue weighted by Gasteiger charge is 2.23. The molecule has 1 atom stereocenters. The van der Waals surface area contributed by atoms with Gasteiger partial charge >= 0.3 is 6.09 Å². The lowest BCUT2D eigenvalue weighted by atomic mass is 10.1. The molecule has 0 saturated carbocycles. The number of carboxylic acid groups (broad SMARTS) is 1. The predicted octanol–water partition coefficient (Wildman–Crippen LogP) is 1.40. The first-order valence-corrected chi connectivity index (χ1v) is 3.72. The lowest BCUT2D eigenvalue weighted by Crippen LogP contribution is -2.26. The smallest absolute Gasteiger partial charge is 0.407 e. The molecule has 58 valence electrons. The average molecular weight is 143 g/mol. The molecule has 1 N–H and O–H groups in total. The minimum Gasteiger partial charge on any atom is -0.465 e. The molecule has 0 radical (unpaired) electrons. The molecule has 0 aromatic carbocycles. The summed E-state index contributed by atoms with van der Waals surface area (Å²) in [5.41, 5.74) is 0. The van der Waals surface area contributed by atoms with E-state index in [-0.39, 0.29) is 0 Å². The van der Waals surface area contributed by atoms with Crippen molar-refractivity contribution in [1.82, 2.24) is 4.90 Å². The average Bonchev–Trinajstić information content (AvgIpc) is 2.34. The zero-order valence-corrected chi connectivity index (χ0v) is 6.21. The Bertz CT molecular complexity index is 136. The standard InChI is InChI=1S/C7H13NO2/c1-2-6-3-4-8(5-6)7(9)10/h6H,2-5H2,1H3,(H,9,10). The zero-order chi connectivity index (χ0) is 7.56. The lowest BCUT2D eigenvalue weighted by molar-refractivity contribution is 0.154. The van der Waals surface area contributed by atoms with Crippen molar-refractivity contribution in [2.45, 2.75) is 19.8 Å². The largest absolute Gasteiger partial charge is 0.465 e. The van der Waals surface area contributed by atoms with Crippen molar-refractivity contribution in [3.05, 3.63) is 0 Å². The summed E-state index contributed by atoms with van der Waals surface area (Å²) < 4.78 is 0. The van der Waals surface area contributed by atoms with Crippen LogP contribution < -0.4 is 0 Å². The topological polar surface area (TPSA) is 40.5 Å². The SMILES string of the molecule is CCC1CCN(C(=O)O)C1. The van der Waals surface area contributed by atoms with E-state index in [1.165, 1.54) is 4.90 Å². The quantitative estimate of drug-likeness (QED) is 0.602. The molecule has 0 aliphatic carbocycles. The third-order valence-corrected chi connectivity index (χ3v) is 2.13. The number of nitrogens with zero attached hydrogens (tertiary/aromatic N) is 1. The van der Waals surface area contributed by atoms with E-state index >= 15 is 0 Å². The summed E-state index contributed by atoms with van der Waals surface area (Å²) >= 11 is 0. The van der Waals surface area contributed by atoms with Gasteiger partial charge in [-0.15, -0.1) is 0 Å². The lowest BCUT2D eigenvalue weighted by Gasteiger charge is -2.10. The molecule has 1 rings (SSSR count). The van der Waals surface area contributed by atoms with Gasteiger partial charge < -0.3 is 10.0 Å². The molecule has 1 aliphatic heterocycles. The van der Waals surface area contributed by atoms with Crippen LogP contribution in [0.15, 0.2) is 0 Å². The number of hydrogen-bond acceptors (Lipinski definition) is 1. The number of amides is 1. The van der Waals surface area contributed by atoms with Crippen LogP contribution in [0.3, 0.4) is 0 Å². The van der Waals surface area contributed by atoms with Crippen LogP contribution in [-0.4, -0.2) is 29.2 Å². The van der Waals surface area contributed by atoms with Crippen LogP contribution in [-0.2, 0) is 0 Å². The third kappa shape index (κ3) is 1.40. The molecule has 1 unspecified atom stereocenters. The molecule has 3 heteroatoms. The van der Waals surface area contributed by atoms with Gasteiger partial charge in [-0.1, -0.05) is 13.3 Å². The number of carbonyl (C=O) groups is 1. The van der Waals surface area contributed by atoms with Gasteiger partial charge in [0.25, 0.3) is 0 Å². The second kappa shape index (κ2) is 2.90. The third-order valence-electron chi connectivity index (χ3n) is 2.13. The Hall–Kier alpha value is -0.730. The summed E-state index contributed by atoms with van der Waals surface area (Å²) in [7, 11) is 0. The van der Waals surface area contributed by atoms with Gasteiger partial charge in [0.1, 0.15) is 0 Å². The van der Waals surface area contributed by atoms with Crippen LogP contribution in [0.2, 0.25) is 0 Å². The maximum absolute atomic E-state index is 10.4. The highest BCUT2D eigenvalue weighted by molar-refractivity contribution is 5.65. The highest BCUT2D eigenvalue weighted by atomic mass is 16.4. The summed E-state index contributed by atoms with van der Waals surface area (Å²) in [5, 5.41) is 8.55. The van der Waals surface area contributed by atoms with Crippen molar-refractivity contribution in [2.75, 3.05) is 13.1 Å². The van der Waals surface area contributed by atoms with E-state index in [2.05, 4.69) is 6.92 Å². The molecule has 1 saturated heterocycles. The minimum absolute atomic E-state index is 0.607. The molecule has 10 heavy (non-hydrogen) atoms. The fourth-order valence-electron chi connectivity index (χ4n) is 1.34. The Labute approximate surface area is 60.6 Å². The van der Waals surface area contributed by atoms with Gasteiger partial charge in [-0.05, 0) is 12.3 Å².